The Morgan fingerprint density at radius 2 is 1.37 bits per heavy atom. The lowest BCUT2D eigenvalue weighted by molar-refractivity contribution is -0.298. The summed E-state index contributed by atoms with van der Waals surface area (Å²) in [5.41, 5.74) is -2.32. The van der Waals surface area contributed by atoms with Gasteiger partial charge in [-0.3, -0.25) is 14.4 Å². The molecule has 0 saturated heterocycles. The molecular formula is C27H46O11. The third-order valence-corrected chi connectivity index (χ3v) is 5.99. The van der Waals surface area contributed by atoms with E-state index in [0.717, 1.165) is 52.9 Å². The number of carbonyl (C=O) groups is 4. The van der Waals surface area contributed by atoms with Crippen LogP contribution in [0.15, 0.2) is 12.2 Å². The molecule has 0 radical (unpaired) electrons. The number of rotatable bonds is 21. The van der Waals surface area contributed by atoms with Crippen molar-refractivity contribution in [3.8, 4) is 0 Å². The molecule has 0 heterocycles. The van der Waals surface area contributed by atoms with Gasteiger partial charge in [0.25, 0.3) is 0 Å². The Morgan fingerprint density at radius 3 is 1.87 bits per heavy atom. The molecule has 0 fully saturated rings. The molecule has 0 saturated carbocycles. The smallest absolute Gasteiger partial charge is 0.396 e. The number of aliphatic hydroxyl groups excluding tert-OH is 3. The van der Waals surface area contributed by atoms with Crippen molar-refractivity contribution in [3.05, 3.63) is 12.2 Å². The van der Waals surface area contributed by atoms with E-state index in [2.05, 4.69) is 6.92 Å². The molecule has 0 aliphatic carbocycles. The number of unbranched alkanes of at least 4 members (excludes halogenated alkanes) is 6. The average molecular weight is 547 g/mol. The SMILES string of the molecule is CCCCCC[C@@H](O)C/C=C\CCCCCC(CC(O)CO)(OC(C)=O)C(OC(C)=O)(OC(C)=O)C(=O)O. The van der Waals surface area contributed by atoms with Crippen LogP contribution >= 0.6 is 0 Å². The van der Waals surface area contributed by atoms with Gasteiger partial charge in [0.05, 0.1) is 18.8 Å². The lowest BCUT2D eigenvalue weighted by Gasteiger charge is -2.44. The number of esters is 3. The summed E-state index contributed by atoms with van der Waals surface area (Å²) in [5, 5.41) is 39.7. The number of allylic oxidation sites excluding steroid dienone is 1. The maximum atomic E-state index is 12.4. The second-order valence-electron chi connectivity index (χ2n) is 9.55. The fourth-order valence-corrected chi connectivity index (χ4v) is 4.32. The van der Waals surface area contributed by atoms with Crippen molar-refractivity contribution >= 4 is 23.9 Å². The van der Waals surface area contributed by atoms with Crippen LogP contribution in [-0.4, -0.2) is 74.5 Å². The molecule has 3 atom stereocenters. The maximum Gasteiger partial charge on any atom is 0.396 e. The summed E-state index contributed by atoms with van der Waals surface area (Å²) in [6, 6.07) is 0. The van der Waals surface area contributed by atoms with Crippen LogP contribution in [-0.2, 0) is 33.4 Å². The van der Waals surface area contributed by atoms with Gasteiger partial charge in [-0.2, -0.15) is 0 Å². The Bertz CT molecular complexity index is 748. The van der Waals surface area contributed by atoms with Crippen molar-refractivity contribution in [2.75, 3.05) is 6.61 Å². The van der Waals surface area contributed by atoms with Crippen LogP contribution in [0.5, 0.6) is 0 Å². The van der Waals surface area contributed by atoms with Crippen LogP contribution in [0.1, 0.15) is 105 Å². The number of hydrogen-bond donors (Lipinski definition) is 4. The number of aliphatic hydroxyl groups is 3. The Labute approximate surface area is 225 Å². The first kappa shape index (κ1) is 35.5. The molecular weight excluding hydrogens is 500 g/mol. The zero-order valence-electron chi connectivity index (χ0n) is 23.1. The van der Waals surface area contributed by atoms with Crippen molar-refractivity contribution in [1.29, 1.82) is 0 Å². The minimum Gasteiger partial charge on any atom is -0.475 e. The topological polar surface area (TPSA) is 177 Å². The number of aliphatic carboxylic acids is 1. The summed E-state index contributed by atoms with van der Waals surface area (Å²) in [6.07, 6.45) is 8.85. The predicted octanol–water partition coefficient (Wildman–Crippen LogP) is 3.17. The van der Waals surface area contributed by atoms with Gasteiger partial charge in [0.15, 0.2) is 0 Å². The van der Waals surface area contributed by atoms with Crippen molar-refractivity contribution < 1.29 is 53.8 Å². The van der Waals surface area contributed by atoms with Gasteiger partial charge in [-0.1, -0.05) is 51.2 Å². The Balaban J connectivity index is 5.52. The molecule has 0 aliphatic heterocycles. The van der Waals surface area contributed by atoms with Crippen LogP contribution in [0, 0.1) is 0 Å². The summed E-state index contributed by atoms with van der Waals surface area (Å²) >= 11 is 0. The van der Waals surface area contributed by atoms with E-state index in [-0.39, 0.29) is 18.9 Å². The van der Waals surface area contributed by atoms with E-state index >= 15 is 0 Å². The van der Waals surface area contributed by atoms with Gasteiger partial charge in [-0.15, -0.1) is 0 Å². The van der Waals surface area contributed by atoms with Gasteiger partial charge in [0.1, 0.15) is 0 Å². The molecule has 0 aliphatic rings. The zero-order chi connectivity index (χ0) is 29.2. The normalized spacial score (nSPS) is 14.9. The highest BCUT2D eigenvalue weighted by Gasteiger charge is 2.66. The summed E-state index contributed by atoms with van der Waals surface area (Å²) in [6.45, 7) is 4.12. The summed E-state index contributed by atoms with van der Waals surface area (Å²) in [4.78, 5) is 48.3. The molecule has 2 unspecified atom stereocenters. The van der Waals surface area contributed by atoms with Crippen LogP contribution in [0.4, 0.5) is 0 Å². The Morgan fingerprint density at radius 1 is 0.789 bits per heavy atom. The molecule has 0 bridgehead atoms. The number of ether oxygens (including phenoxy) is 3. The Hall–Kier alpha value is -2.50. The summed E-state index contributed by atoms with van der Waals surface area (Å²) < 4.78 is 15.4. The summed E-state index contributed by atoms with van der Waals surface area (Å²) in [5.74, 6) is -8.20. The third-order valence-electron chi connectivity index (χ3n) is 5.99. The molecule has 0 aromatic rings. The predicted molar refractivity (Wildman–Crippen MR) is 138 cm³/mol. The lowest BCUT2D eigenvalue weighted by atomic mass is 9.81. The average Bonchev–Trinajstić information content (AvgIpc) is 2.81. The highest BCUT2D eigenvalue weighted by Crippen LogP contribution is 2.41. The zero-order valence-corrected chi connectivity index (χ0v) is 23.1. The van der Waals surface area contributed by atoms with Crippen LogP contribution in [0.3, 0.4) is 0 Å². The molecule has 11 heteroatoms. The van der Waals surface area contributed by atoms with E-state index in [4.69, 9.17) is 14.2 Å². The van der Waals surface area contributed by atoms with E-state index in [1.54, 1.807) is 0 Å². The minimum atomic E-state index is -3.08. The molecule has 0 rings (SSSR count). The van der Waals surface area contributed by atoms with Crippen molar-refractivity contribution in [3.63, 3.8) is 0 Å². The number of carboxylic acid groups (broad SMARTS) is 1. The molecule has 38 heavy (non-hydrogen) atoms. The largest absolute Gasteiger partial charge is 0.475 e. The van der Waals surface area contributed by atoms with E-state index in [9.17, 15) is 39.6 Å². The van der Waals surface area contributed by atoms with Gasteiger partial charge in [-0.25, -0.2) is 4.79 Å². The van der Waals surface area contributed by atoms with Crippen molar-refractivity contribution in [1.82, 2.24) is 0 Å². The van der Waals surface area contributed by atoms with Gasteiger partial charge in [0.2, 0.25) is 5.60 Å². The monoisotopic (exact) mass is 546 g/mol. The standard InChI is InChI=1S/C27H46O11/c1-5-6-7-12-15-23(32)16-13-10-8-9-11-14-17-26(36-20(2)29,18-24(33)19-28)27(25(34)35,37-21(3)30)38-22(4)31/h10,13,23-24,28,32-33H,5-9,11-12,14-19H2,1-4H3,(H,34,35)/b13-10-/t23-,24?,26?/m1/s1. The second-order valence-corrected chi connectivity index (χ2v) is 9.55. The van der Waals surface area contributed by atoms with Crippen LogP contribution < -0.4 is 0 Å². The molecule has 4 N–H and O–H groups in total. The van der Waals surface area contributed by atoms with E-state index in [1.165, 1.54) is 0 Å². The fourth-order valence-electron chi connectivity index (χ4n) is 4.32. The number of carboxylic acids is 1. The second kappa shape index (κ2) is 18.7. The van der Waals surface area contributed by atoms with Crippen LogP contribution in [0.2, 0.25) is 0 Å². The van der Waals surface area contributed by atoms with Gasteiger partial charge in [-0.05, 0) is 38.5 Å². The lowest BCUT2D eigenvalue weighted by Crippen LogP contribution is -2.66. The van der Waals surface area contributed by atoms with Gasteiger partial charge >= 0.3 is 29.7 Å². The minimum absolute atomic E-state index is 0.247. The quantitative estimate of drug-likeness (QED) is 0.0719. The molecule has 0 amide bonds. The number of carbonyl (C=O) groups excluding carboxylic acids is 3. The molecule has 11 nitrogen and oxygen atoms in total. The first-order valence-corrected chi connectivity index (χ1v) is 13.3. The maximum absolute atomic E-state index is 12.4. The molecule has 0 aromatic heterocycles. The van der Waals surface area contributed by atoms with Crippen LogP contribution in [0.25, 0.3) is 0 Å². The first-order valence-electron chi connectivity index (χ1n) is 13.3. The third kappa shape index (κ3) is 12.8. The van der Waals surface area contributed by atoms with Crippen molar-refractivity contribution in [2.45, 2.75) is 128 Å². The molecule has 220 valence electrons. The molecule has 0 aromatic carbocycles. The van der Waals surface area contributed by atoms with Gasteiger partial charge in [0, 0.05) is 27.2 Å². The highest BCUT2D eigenvalue weighted by molar-refractivity contribution is 5.85. The molecule has 0 spiro atoms. The van der Waals surface area contributed by atoms with E-state index in [0.29, 0.717) is 25.7 Å². The Kier molecular flexibility index (Phi) is 17.5. The van der Waals surface area contributed by atoms with E-state index in [1.807, 2.05) is 12.2 Å². The van der Waals surface area contributed by atoms with E-state index < -0.39 is 54.4 Å². The summed E-state index contributed by atoms with van der Waals surface area (Å²) in [7, 11) is 0. The van der Waals surface area contributed by atoms with Gasteiger partial charge < -0.3 is 34.6 Å². The fraction of sp³-hybridized carbons (Fsp3) is 0.778. The van der Waals surface area contributed by atoms with Crippen molar-refractivity contribution in [2.24, 2.45) is 0 Å². The first-order chi connectivity index (χ1) is 17.9. The highest BCUT2D eigenvalue weighted by atomic mass is 16.8. The number of hydrogen-bond acceptors (Lipinski definition) is 10.